The predicted octanol–water partition coefficient (Wildman–Crippen LogP) is 3.36. The van der Waals surface area contributed by atoms with Crippen molar-refractivity contribution in [1.29, 1.82) is 0 Å². The third-order valence-electron chi connectivity index (χ3n) is 2.39. The SMILES string of the molecule is Cc1onc(-c2ccc(OC(F)(F)F)cc2)c1C=O. The van der Waals surface area contributed by atoms with Crippen molar-refractivity contribution in [2.75, 3.05) is 0 Å². The second-order valence-corrected chi connectivity index (χ2v) is 3.69. The molecule has 0 aliphatic heterocycles. The van der Waals surface area contributed by atoms with Gasteiger partial charge in [0.25, 0.3) is 0 Å². The molecule has 0 amide bonds. The Hall–Kier alpha value is -2.31. The van der Waals surface area contributed by atoms with Crippen LogP contribution in [-0.2, 0) is 0 Å². The van der Waals surface area contributed by atoms with Crippen LogP contribution in [0.1, 0.15) is 16.1 Å². The van der Waals surface area contributed by atoms with Crippen molar-refractivity contribution in [3.05, 3.63) is 35.6 Å². The van der Waals surface area contributed by atoms with Crippen LogP contribution in [0.15, 0.2) is 28.8 Å². The van der Waals surface area contributed by atoms with E-state index in [-0.39, 0.29) is 17.0 Å². The molecule has 0 fully saturated rings. The lowest BCUT2D eigenvalue weighted by molar-refractivity contribution is -0.274. The lowest BCUT2D eigenvalue weighted by atomic mass is 10.1. The quantitative estimate of drug-likeness (QED) is 0.803. The van der Waals surface area contributed by atoms with Gasteiger partial charge in [0.1, 0.15) is 17.2 Å². The number of hydrogen-bond acceptors (Lipinski definition) is 4. The van der Waals surface area contributed by atoms with Gasteiger partial charge in [0.2, 0.25) is 0 Å². The van der Waals surface area contributed by atoms with Gasteiger partial charge < -0.3 is 9.26 Å². The molecular formula is C12H8F3NO3. The third-order valence-corrected chi connectivity index (χ3v) is 2.39. The van der Waals surface area contributed by atoms with E-state index in [1.54, 1.807) is 6.92 Å². The fraction of sp³-hybridized carbons (Fsp3) is 0.167. The highest BCUT2D eigenvalue weighted by atomic mass is 19.4. The van der Waals surface area contributed by atoms with E-state index in [0.717, 1.165) is 12.1 Å². The number of ether oxygens (including phenoxy) is 1. The minimum atomic E-state index is -4.74. The Kier molecular flexibility index (Phi) is 3.28. The van der Waals surface area contributed by atoms with Crippen LogP contribution in [0.25, 0.3) is 11.3 Å². The molecule has 0 atom stereocenters. The number of rotatable bonds is 3. The molecule has 0 saturated heterocycles. The molecule has 0 N–H and O–H groups in total. The van der Waals surface area contributed by atoms with Gasteiger partial charge in [-0.2, -0.15) is 0 Å². The predicted molar refractivity (Wildman–Crippen MR) is 58.7 cm³/mol. The van der Waals surface area contributed by atoms with Crippen LogP contribution in [0.4, 0.5) is 13.2 Å². The number of halogens is 3. The van der Waals surface area contributed by atoms with Crippen molar-refractivity contribution in [3.63, 3.8) is 0 Å². The number of benzene rings is 1. The Morgan fingerprint density at radius 3 is 2.42 bits per heavy atom. The first kappa shape index (κ1) is 13.1. The maximum absolute atomic E-state index is 12.0. The summed E-state index contributed by atoms with van der Waals surface area (Å²) in [4.78, 5) is 10.9. The van der Waals surface area contributed by atoms with Gasteiger partial charge in [-0.3, -0.25) is 4.79 Å². The first-order chi connectivity index (χ1) is 8.90. The summed E-state index contributed by atoms with van der Waals surface area (Å²) < 4.78 is 44.6. The van der Waals surface area contributed by atoms with Crippen LogP contribution in [0, 0.1) is 6.92 Å². The minimum Gasteiger partial charge on any atom is -0.406 e. The summed E-state index contributed by atoms with van der Waals surface area (Å²) in [6.45, 7) is 1.57. The van der Waals surface area contributed by atoms with Crippen LogP contribution < -0.4 is 4.74 Å². The smallest absolute Gasteiger partial charge is 0.406 e. The van der Waals surface area contributed by atoms with Gasteiger partial charge in [-0.25, -0.2) is 0 Å². The molecule has 1 aromatic carbocycles. The van der Waals surface area contributed by atoms with E-state index in [0.29, 0.717) is 17.6 Å². The van der Waals surface area contributed by atoms with Crippen LogP contribution in [0.3, 0.4) is 0 Å². The lowest BCUT2D eigenvalue weighted by Gasteiger charge is -2.08. The molecule has 4 nitrogen and oxygen atoms in total. The highest BCUT2D eigenvalue weighted by molar-refractivity contribution is 5.86. The molecule has 2 aromatic rings. The average molecular weight is 271 g/mol. The molecule has 7 heteroatoms. The van der Waals surface area contributed by atoms with Crippen LogP contribution in [-0.4, -0.2) is 17.8 Å². The molecule has 0 saturated carbocycles. The topological polar surface area (TPSA) is 52.3 Å². The summed E-state index contributed by atoms with van der Waals surface area (Å²) in [6, 6.07) is 5.01. The van der Waals surface area contributed by atoms with Gasteiger partial charge in [-0.1, -0.05) is 5.16 Å². The number of carbonyl (C=O) groups is 1. The van der Waals surface area contributed by atoms with Crippen molar-refractivity contribution in [1.82, 2.24) is 5.16 Å². The summed E-state index contributed by atoms with van der Waals surface area (Å²) >= 11 is 0. The van der Waals surface area contributed by atoms with E-state index in [9.17, 15) is 18.0 Å². The molecule has 2 rings (SSSR count). The van der Waals surface area contributed by atoms with Crippen molar-refractivity contribution in [2.24, 2.45) is 0 Å². The molecule has 1 aromatic heterocycles. The molecule has 0 aliphatic carbocycles. The van der Waals surface area contributed by atoms with Crippen LogP contribution in [0.5, 0.6) is 5.75 Å². The molecule has 0 unspecified atom stereocenters. The number of hydrogen-bond donors (Lipinski definition) is 0. The van der Waals surface area contributed by atoms with E-state index in [1.165, 1.54) is 12.1 Å². The highest BCUT2D eigenvalue weighted by Crippen LogP contribution is 2.28. The van der Waals surface area contributed by atoms with E-state index >= 15 is 0 Å². The van der Waals surface area contributed by atoms with E-state index in [1.807, 2.05) is 0 Å². The van der Waals surface area contributed by atoms with Gasteiger partial charge in [-0.15, -0.1) is 13.2 Å². The van der Waals surface area contributed by atoms with Crippen molar-refractivity contribution < 1.29 is 27.2 Å². The fourth-order valence-corrected chi connectivity index (χ4v) is 1.54. The Balaban J connectivity index is 2.30. The number of nitrogens with zero attached hydrogens (tertiary/aromatic N) is 1. The van der Waals surface area contributed by atoms with E-state index < -0.39 is 6.36 Å². The van der Waals surface area contributed by atoms with Gasteiger partial charge >= 0.3 is 6.36 Å². The normalized spacial score (nSPS) is 11.4. The Bertz CT molecular complexity index is 587. The first-order valence-corrected chi connectivity index (χ1v) is 5.18. The first-order valence-electron chi connectivity index (χ1n) is 5.18. The highest BCUT2D eigenvalue weighted by Gasteiger charge is 2.31. The Labute approximate surface area is 105 Å². The number of aryl methyl sites for hydroxylation is 1. The zero-order valence-corrected chi connectivity index (χ0v) is 9.69. The van der Waals surface area contributed by atoms with Gasteiger partial charge in [0, 0.05) is 5.56 Å². The third kappa shape index (κ3) is 2.93. The van der Waals surface area contributed by atoms with Gasteiger partial charge in [-0.05, 0) is 31.2 Å². The monoisotopic (exact) mass is 271 g/mol. The molecule has 19 heavy (non-hydrogen) atoms. The second-order valence-electron chi connectivity index (χ2n) is 3.69. The van der Waals surface area contributed by atoms with Crippen molar-refractivity contribution in [3.8, 4) is 17.0 Å². The number of alkyl halides is 3. The van der Waals surface area contributed by atoms with Crippen molar-refractivity contribution in [2.45, 2.75) is 13.3 Å². The molecular weight excluding hydrogens is 263 g/mol. The lowest BCUT2D eigenvalue weighted by Crippen LogP contribution is -2.16. The molecule has 0 aliphatic rings. The fourth-order valence-electron chi connectivity index (χ4n) is 1.54. The molecule has 0 spiro atoms. The molecule has 0 radical (unpaired) electrons. The number of aromatic nitrogens is 1. The molecule has 100 valence electrons. The van der Waals surface area contributed by atoms with E-state index in [4.69, 9.17) is 4.52 Å². The van der Waals surface area contributed by atoms with E-state index in [2.05, 4.69) is 9.89 Å². The standard InChI is InChI=1S/C12H8F3NO3/c1-7-10(6-17)11(16-19-7)8-2-4-9(5-3-8)18-12(13,14)15/h2-6H,1H3. The number of carbonyl (C=O) groups excluding carboxylic acids is 1. The maximum Gasteiger partial charge on any atom is 0.573 e. The maximum atomic E-state index is 12.0. The average Bonchev–Trinajstić information content (AvgIpc) is 2.69. The zero-order valence-electron chi connectivity index (χ0n) is 9.69. The Morgan fingerprint density at radius 1 is 1.26 bits per heavy atom. The summed E-state index contributed by atoms with van der Waals surface area (Å²) in [7, 11) is 0. The Morgan fingerprint density at radius 2 is 1.89 bits per heavy atom. The summed E-state index contributed by atoms with van der Waals surface area (Å²) in [5, 5.41) is 3.69. The molecule has 1 heterocycles. The summed E-state index contributed by atoms with van der Waals surface area (Å²) in [5.74, 6) is 0.00439. The number of aldehydes is 1. The summed E-state index contributed by atoms with van der Waals surface area (Å²) in [6.07, 6.45) is -4.15. The molecule has 0 bridgehead atoms. The van der Waals surface area contributed by atoms with Crippen LogP contribution >= 0.6 is 0 Å². The minimum absolute atomic E-state index is 0.268. The van der Waals surface area contributed by atoms with Gasteiger partial charge in [0.15, 0.2) is 6.29 Å². The van der Waals surface area contributed by atoms with Gasteiger partial charge in [0.05, 0.1) is 5.56 Å². The van der Waals surface area contributed by atoms with Crippen molar-refractivity contribution >= 4 is 6.29 Å². The second kappa shape index (κ2) is 4.75. The summed E-state index contributed by atoms with van der Waals surface area (Å²) in [5.41, 5.74) is 1.02. The van der Waals surface area contributed by atoms with Crippen LogP contribution in [0.2, 0.25) is 0 Å². The zero-order chi connectivity index (χ0) is 14.0. The largest absolute Gasteiger partial charge is 0.573 e.